The second-order valence-corrected chi connectivity index (χ2v) is 12.1. The standard InChI is InChI=1S/C28H56N4O4/c1-27(2,3)35-25(33)31(22-14-18-29)20-12-13-21-32(26(34)36-28(4,5)6)23-15-19-30-24-16-10-8-7-9-11-17-24/h24,30H,7-23,29H2,1-6H3. The molecule has 3 N–H and O–H groups in total. The van der Waals surface area contributed by atoms with Gasteiger partial charge in [-0.25, -0.2) is 9.59 Å². The predicted octanol–water partition coefficient (Wildman–Crippen LogP) is 5.68. The van der Waals surface area contributed by atoms with Crippen LogP contribution in [0, 0.1) is 0 Å². The minimum atomic E-state index is -0.532. The van der Waals surface area contributed by atoms with E-state index in [1.807, 2.05) is 46.4 Å². The largest absolute Gasteiger partial charge is 0.444 e. The summed E-state index contributed by atoms with van der Waals surface area (Å²) in [6, 6.07) is 0.604. The van der Waals surface area contributed by atoms with Crippen LogP contribution in [-0.4, -0.2) is 78.5 Å². The van der Waals surface area contributed by atoms with E-state index in [0.717, 1.165) is 32.2 Å². The van der Waals surface area contributed by atoms with Crippen molar-refractivity contribution in [3.05, 3.63) is 0 Å². The van der Waals surface area contributed by atoms with E-state index in [4.69, 9.17) is 15.2 Å². The monoisotopic (exact) mass is 512 g/mol. The van der Waals surface area contributed by atoms with Gasteiger partial charge in [0.05, 0.1) is 0 Å². The Balaban J connectivity index is 2.55. The van der Waals surface area contributed by atoms with Crippen molar-refractivity contribution >= 4 is 12.2 Å². The minimum Gasteiger partial charge on any atom is -0.444 e. The molecule has 0 unspecified atom stereocenters. The first-order valence-corrected chi connectivity index (χ1v) is 14.3. The lowest BCUT2D eigenvalue weighted by molar-refractivity contribution is 0.0208. The van der Waals surface area contributed by atoms with Crippen molar-refractivity contribution in [2.24, 2.45) is 5.73 Å². The molecule has 8 heteroatoms. The molecular weight excluding hydrogens is 456 g/mol. The molecule has 2 amide bonds. The van der Waals surface area contributed by atoms with E-state index < -0.39 is 11.2 Å². The molecule has 36 heavy (non-hydrogen) atoms. The predicted molar refractivity (Wildman–Crippen MR) is 147 cm³/mol. The first kappa shape index (κ1) is 32.5. The van der Waals surface area contributed by atoms with Crippen LogP contribution in [0.15, 0.2) is 0 Å². The Labute approximate surface area is 221 Å². The van der Waals surface area contributed by atoms with E-state index in [1.165, 1.54) is 44.9 Å². The average Bonchev–Trinajstić information content (AvgIpc) is 2.73. The Morgan fingerprint density at radius 2 is 1.14 bits per heavy atom. The van der Waals surface area contributed by atoms with Gasteiger partial charge in [-0.3, -0.25) is 0 Å². The van der Waals surface area contributed by atoms with Crippen LogP contribution in [-0.2, 0) is 9.47 Å². The molecule has 0 saturated heterocycles. The van der Waals surface area contributed by atoms with Crippen LogP contribution in [0.4, 0.5) is 9.59 Å². The van der Waals surface area contributed by atoms with E-state index in [2.05, 4.69) is 5.32 Å². The van der Waals surface area contributed by atoms with Gasteiger partial charge in [0.15, 0.2) is 0 Å². The number of unbranched alkanes of at least 4 members (excludes halogenated alkanes) is 1. The second-order valence-electron chi connectivity index (χ2n) is 12.1. The summed E-state index contributed by atoms with van der Waals surface area (Å²) in [4.78, 5) is 29.0. The van der Waals surface area contributed by atoms with Gasteiger partial charge in [-0.15, -0.1) is 0 Å². The summed E-state index contributed by atoms with van der Waals surface area (Å²) < 4.78 is 11.2. The molecule has 0 aromatic rings. The van der Waals surface area contributed by atoms with E-state index in [9.17, 15) is 9.59 Å². The molecule has 1 saturated carbocycles. The SMILES string of the molecule is CC(C)(C)OC(=O)N(CCCN)CCCCN(CCCNC1CCCCCCC1)C(=O)OC(C)(C)C. The molecule has 1 aliphatic carbocycles. The number of amides is 2. The maximum Gasteiger partial charge on any atom is 0.410 e. The molecular formula is C28H56N4O4. The van der Waals surface area contributed by atoms with Gasteiger partial charge < -0.3 is 30.3 Å². The molecule has 1 rings (SSSR count). The highest BCUT2D eigenvalue weighted by Gasteiger charge is 2.23. The number of hydrogen-bond donors (Lipinski definition) is 2. The van der Waals surface area contributed by atoms with Gasteiger partial charge in [-0.1, -0.05) is 32.1 Å². The zero-order valence-electron chi connectivity index (χ0n) is 24.2. The van der Waals surface area contributed by atoms with Gasteiger partial charge in [0.2, 0.25) is 0 Å². The van der Waals surface area contributed by atoms with Crippen LogP contribution in [0.3, 0.4) is 0 Å². The van der Waals surface area contributed by atoms with Crippen LogP contribution >= 0.6 is 0 Å². The molecule has 1 fully saturated rings. The fourth-order valence-electron chi connectivity index (χ4n) is 4.37. The molecule has 0 aromatic carbocycles. The van der Waals surface area contributed by atoms with Gasteiger partial charge in [0.25, 0.3) is 0 Å². The van der Waals surface area contributed by atoms with Crippen molar-refractivity contribution in [2.45, 2.75) is 129 Å². The lowest BCUT2D eigenvalue weighted by atomic mass is 9.97. The van der Waals surface area contributed by atoms with Gasteiger partial charge in [0.1, 0.15) is 11.2 Å². The Bertz CT molecular complexity index is 608. The third-order valence-corrected chi connectivity index (χ3v) is 6.18. The van der Waals surface area contributed by atoms with Crippen molar-refractivity contribution < 1.29 is 19.1 Å². The molecule has 8 nitrogen and oxygen atoms in total. The number of ether oxygens (including phenoxy) is 2. The Kier molecular flexibility index (Phi) is 15.4. The number of hydrogen-bond acceptors (Lipinski definition) is 6. The maximum atomic E-state index is 12.9. The number of rotatable bonds is 13. The molecule has 0 atom stereocenters. The van der Waals surface area contributed by atoms with Crippen molar-refractivity contribution in [3.8, 4) is 0 Å². The van der Waals surface area contributed by atoms with E-state index >= 15 is 0 Å². The molecule has 0 aromatic heterocycles. The smallest absolute Gasteiger partial charge is 0.410 e. The quantitative estimate of drug-likeness (QED) is 0.308. The van der Waals surface area contributed by atoms with Crippen molar-refractivity contribution in [3.63, 3.8) is 0 Å². The van der Waals surface area contributed by atoms with Gasteiger partial charge in [-0.2, -0.15) is 0 Å². The van der Waals surface area contributed by atoms with Gasteiger partial charge in [0, 0.05) is 32.2 Å². The lowest BCUT2D eigenvalue weighted by Gasteiger charge is -2.29. The number of carbonyl (C=O) groups is 2. The van der Waals surface area contributed by atoms with Crippen LogP contribution in [0.1, 0.15) is 112 Å². The molecule has 0 aliphatic heterocycles. The summed E-state index contributed by atoms with van der Waals surface area (Å²) in [5, 5.41) is 3.72. The van der Waals surface area contributed by atoms with Crippen LogP contribution in [0.5, 0.6) is 0 Å². The molecule has 0 spiro atoms. The van der Waals surface area contributed by atoms with Crippen LogP contribution in [0.25, 0.3) is 0 Å². The Hall–Kier alpha value is -1.54. The van der Waals surface area contributed by atoms with E-state index in [0.29, 0.717) is 38.8 Å². The minimum absolute atomic E-state index is 0.263. The Morgan fingerprint density at radius 3 is 1.58 bits per heavy atom. The Morgan fingerprint density at radius 1 is 0.722 bits per heavy atom. The first-order valence-electron chi connectivity index (χ1n) is 14.3. The van der Waals surface area contributed by atoms with Crippen LogP contribution < -0.4 is 11.1 Å². The number of nitrogens with one attached hydrogen (secondary N) is 1. The number of nitrogens with zero attached hydrogens (tertiary/aromatic N) is 2. The highest BCUT2D eigenvalue weighted by molar-refractivity contribution is 5.68. The summed E-state index contributed by atoms with van der Waals surface area (Å²) in [6.07, 6.45) is 11.8. The van der Waals surface area contributed by atoms with Gasteiger partial charge in [-0.05, 0) is 93.2 Å². The van der Waals surface area contributed by atoms with Crippen LogP contribution in [0.2, 0.25) is 0 Å². The van der Waals surface area contributed by atoms with Gasteiger partial charge >= 0.3 is 12.2 Å². The maximum absolute atomic E-state index is 12.9. The highest BCUT2D eigenvalue weighted by Crippen LogP contribution is 2.17. The van der Waals surface area contributed by atoms with Crippen molar-refractivity contribution in [2.75, 3.05) is 39.3 Å². The highest BCUT2D eigenvalue weighted by atomic mass is 16.6. The van der Waals surface area contributed by atoms with E-state index in [1.54, 1.807) is 4.90 Å². The fourth-order valence-corrected chi connectivity index (χ4v) is 4.37. The average molecular weight is 513 g/mol. The second kappa shape index (κ2) is 17.1. The zero-order chi connectivity index (χ0) is 27.0. The summed E-state index contributed by atoms with van der Waals surface area (Å²) in [6.45, 7) is 15.2. The number of carbonyl (C=O) groups excluding carboxylic acids is 2. The third-order valence-electron chi connectivity index (χ3n) is 6.18. The molecule has 0 bridgehead atoms. The molecule has 0 heterocycles. The summed E-state index contributed by atoms with van der Waals surface area (Å²) in [5.74, 6) is 0. The van der Waals surface area contributed by atoms with Crippen molar-refractivity contribution in [1.29, 1.82) is 0 Å². The van der Waals surface area contributed by atoms with E-state index in [-0.39, 0.29) is 12.2 Å². The lowest BCUT2D eigenvalue weighted by Crippen LogP contribution is -2.40. The summed E-state index contributed by atoms with van der Waals surface area (Å²) >= 11 is 0. The topological polar surface area (TPSA) is 97.1 Å². The first-order chi connectivity index (χ1) is 16.9. The molecule has 0 radical (unpaired) electrons. The molecule has 212 valence electrons. The summed E-state index contributed by atoms with van der Waals surface area (Å²) in [7, 11) is 0. The third kappa shape index (κ3) is 16.3. The summed E-state index contributed by atoms with van der Waals surface area (Å²) in [5.41, 5.74) is 4.60. The molecule has 1 aliphatic rings. The fraction of sp³-hybridized carbons (Fsp3) is 0.929. The van der Waals surface area contributed by atoms with Crippen molar-refractivity contribution in [1.82, 2.24) is 15.1 Å². The number of nitrogens with two attached hydrogens (primary N) is 1. The zero-order valence-corrected chi connectivity index (χ0v) is 24.2. The normalized spacial score (nSPS) is 15.6.